The van der Waals surface area contributed by atoms with Gasteiger partial charge in [-0.05, 0) is 112 Å². The summed E-state index contributed by atoms with van der Waals surface area (Å²) < 4.78 is 16.7. The van der Waals surface area contributed by atoms with Crippen LogP contribution in [0.15, 0.2) is 119 Å². The Hall–Kier alpha value is -5.03. The second-order valence-electron chi connectivity index (χ2n) is 13.8. The van der Waals surface area contributed by atoms with Gasteiger partial charge in [0, 0.05) is 33.7 Å². The zero-order valence-electron chi connectivity index (χ0n) is 31.9. The number of hydrogen-bond donors (Lipinski definition) is 3. The lowest BCUT2D eigenvalue weighted by Crippen LogP contribution is -2.30. The highest BCUT2D eigenvalue weighted by atomic mass is 32.2. The standard InChI is InChI=1S/C26H32N2O4S.C17H22O4/c1-18(33-23-11-10-21(27)16-22(23)28)17-31-24(29)12-9-19-6-5-14-26(2,15-13-19)32-25(30)20-7-3-4-8-20;1-4-14(5-2)16(20)21-17(3)11-6-7-13(10-12-17)8-9-15(18)19/h5-6,9-16,18,20H,3-4,7-8,17,27-28H2,1-2H3;6-12,14H,4-5H2,1-3H3,(H,18,19)/b12-9+;9-8+. The van der Waals surface area contributed by atoms with Crippen LogP contribution in [0.3, 0.4) is 0 Å². The van der Waals surface area contributed by atoms with Crippen LogP contribution in [0.2, 0.25) is 0 Å². The number of benzene rings is 1. The predicted octanol–water partition coefficient (Wildman–Crippen LogP) is 8.39. The number of carboxylic acids is 1. The molecule has 0 aliphatic heterocycles. The van der Waals surface area contributed by atoms with Crippen molar-refractivity contribution in [1.82, 2.24) is 0 Å². The molecule has 0 saturated heterocycles. The Morgan fingerprint density at radius 2 is 1.46 bits per heavy atom. The Morgan fingerprint density at radius 1 is 0.889 bits per heavy atom. The molecule has 1 aromatic rings. The molecule has 1 saturated carbocycles. The number of carbonyl (C=O) groups excluding carboxylic acids is 3. The van der Waals surface area contributed by atoms with Crippen molar-refractivity contribution in [2.75, 3.05) is 18.1 Å². The molecule has 5 N–H and O–H groups in total. The van der Waals surface area contributed by atoms with Gasteiger partial charge in [0.05, 0.1) is 11.8 Å². The lowest BCUT2D eigenvalue weighted by molar-refractivity contribution is -0.156. The molecule has 0 radical (unpaired) electrons. The summed E-state index contributed by atoms with van der Waals surface area (Å²) in [4.78, 5) is 48.1. The third kappa shape index (κ3) is 14.8. The van der Waals surface area contributed by atoms with Gasteiger partial charge in [-0.25, -0.2) is 9.59 Å². The van der Waals surface area contributed by atoms with Crippen LogP contribution in [0, 0.1) is 11.8 Å². The van der Waals surface area contributed by atoms with Crippen molar-refractivity contribution in [1.29, 1.82) is 0 Å². The summed E-state index contributed by atoms with van der Waals surface area (Å²) >= 11 is 1.53. The van der Waals surface area contributed by atoms with Crippen molar-refractivity contribution in [3.63, 3.8) is 0 Å². The Balaban J connectivity index is 0.000000322. The summed E-state index contributed by atoms with van der Waals surface area (Å²) in [5.41, 5.74) is 12.9. The van der Waals surface area contributed by atoms with Crippen molar-refractivity contribution >= 4 is 47.0 Å². The molecule has 0 heterocycles. The van der Waals surface area contributed by atoms with Crippen LogP contribution >= 0.6 is 11.8 Å². The maximum atomic E-state index is 12.4. The zero-order valence-corrected chi connectivity index (χ0v) is 32.7. The molecule has 0 amide bonds. The number of nitrogen functional groups attached to an aromatic ring is 2. The van der Waals surface area contributed by atoms with E-state index >= 15 is 0 Å². The summed E-state index contributed by atoms with van der Waals surface area (Å²) in [5.74, 6) is -1.86. The van der Waals surface area contributed by atoms with Gasteiger partial charge < -0.3 is 30.8 Å². The maximum Gasteiger partial charge on any atom is 0.330 e. The fourth-order valence-electron chi connectivity index (χ4n) is 5.69. The van der Waals surface area contributed by atoms with Gasteiger partial charge >= 0.3 is 23.9 Å². The third-order valence-corrected chi connectivity index (χ3v) is 10.1. The van der Waals surface area contributed by atoms with Gasteiger partial charge in [-0.2, -0.15) is 0 Å². The quantitative estimate of drug-likeness (QED) is 0.0548. The molecular formula is C43H54N2O8S. The summed E-state index contributed by atoms with van der Waals surface area (Å²) in [6.07, 6.45) is 29.2. The number of hydrogen-bond acceptors (Lipinski definition) is 10. The van der Waals surface area contributed by atoms with Gasteiger partial charge in [-0.1, -0.05) is 63.1 Å². The van der Waals surface area contributed by atoms with E-state index in [9.17, 15) is 19.2 Å². The Bertz CT molecular complexity index is 1740. The second kappa shape index (κ2) is 21.0. The van der Waals surface area contributed by atoms with Crippen LogP contribution < -0.4 is 11.5 Å². The average molecular weight is 759 g/mol. The molecule has 3 aliphatic rings. The minimum atomic E-state index is -1.000. The highest BCUT2D eigenvalue weighted by Gasteiger charge is 2.30. The van der Waals surface area contributed by atoms with Crippen molar-refractivity contribution < 1.29 is 38.5 Å². The first-order valence-corrected chi connectivity index (χ1v) is 19.2. The van der Waals surface area contributed by atoms with Gasteiger partial charge in [-0.15, -0.1) is 11.8 Å². The van der Waals surface area contributed by atoms with Crippen LogP contribution in [0.4, 0.5) is 11.4 Å². The number of thioether (sulfide) groups is 1. The predicted molar refractivity (Wildman–Crippen MR) is 215 cm³/mol. The topological polar surface area (TPSA) is 168 Å². The monoisotopic (exact) mass is 758 g/mol. The lowest BCUT2D eigenvalue weighted by Gasteiger charge is -2.24. The normalized spacial score (nSPS) is 21.5. The van der Waals surface area contributed by atoms with Crippen LogP contribution in [0.5, 0.6) is 0 Å². The molecule has 3 unspecified atom stereocenters. The fraction of sp³-hybridized carbons (Fsp3) is 0.395. The highest BCUT2D eigenvalue weighted by molar-refractivity contribution is 8.00. The zero-order chi connectivity index (χ0) is 39.7. The Morgan fingerprint density at radius 3 is 2.02 bits per heavy atom. The van der Waals surface area contributed by atoms with Crippen molar-refractivity contribution in [3.8, 4) is 0 Å². The number of ether oxygens (including phenoxy) is 3. The van der Waals surface area contributed by atoms with Crippen LogP contribution in [-0.4, -0.2) is 52.0 Å². The number of esters is 3. The van der Waals surface area contributed by atoms with Crippen molar-refractivity contribution in [2.45, 2.75) is 94.5 Å². The summed E-state index contributed by atoms with van der Waals surface area (Å²) in [5, 5.41) is 8.66. The van der Waals surface area contributed by atoms with E-state index in [0.29, 0.717) is 11.4 Å². The minimum absolute atomic E-state index is 0.00555. The largest absolute Gasteiger partial charge is 0.478 e. The second-order valence-corrected chi connectivity index (χ2v) is 15.3. The number of rotatable bonds is 14. The van der Waals surface area contributed by atoms with E-state index < -0.39 is 23.1 Å². The molecule has 10 nitrogen and oxygen atoms in total. The van der Waals surface area contributed by atoms with Crippen molar-refractivity contribution in [2.24, 2.45) is 11.8 Å². The Kier molecular flexibility index (Phi) is 16.9. The van der Waals surface area contributed by atoms with Gasteiger partial charge in [0.2, 0.25) is 0 Å². The molecule has 0 bridgehead atoms. The van der Waals surface area contributed by atoms with Crippen LogP contribution in [0.25, 0.3) is 0 Å². The number of allylic oxidation sites excluding steroid dienone is 10. The SMILES string of the molecule is CC(COC(=O)/C=C/C1=CC=CC(C)(OC(=O)C2CCCC2)C=C1)Sc1ccc(N)cc1N.CCC(CC)C(=O)OC1(C)C=CC=C(/C=C/C(=O)O)C=C1. The summed E-state index contributed by atoms with van der Waals surface area (Å²) in [7, 11) is 0. The first-order valence-electron chi connectivity index (χ1n) is 18.3. The molecule has 11 heteroatoms. The van der Waals surface area contributed by atoms with E-state index in [0.717, 1.165) is 60.6 Å². The van der Waals surface area contributed by atoms with E-state index in [-0.39, 0.29) is 35.6 Å². The smallest absolute Gasteiger partial charge is 0.330 e. The first kappa shape index (κ1) is 43.4. The third-order valence-electron chi connectivity index (χ3n) is 8.95. The van der Waals surface area contributed by atoms with Gasteiger partial charge in [-0.3, -0.25) is 9.59 Å². The summed E-state index contributed by atoms with van der Waals surface area (Å²) in [6, 6.07) is 5.38. The first-order chi connectivity index (χ1) is 25.6. The van der Waals surface area contributed by atoms with E-state index in [1.54, 1.807) is 55.5 Å². The maximum absolute atomic E-state index is 12.4. The van der Waals surface area contributed by atoms with E-state index in [1.165, 1.54) is 23.9 Å². The molecular weight excluding hydrogens is 705 g/mol. The van der Waals surface area contributed by atoms with E-state index in [2.05, 4.69) is 0 Å². The molecule has 3 aliphatic carbocycles. The Labute approximate surface area is 323 Å². The van der Waals surface area contributed by atoms with Crippen molar-refractivity contribution in [3.05, 3.63) is 114 Å². The molecule has 0 spiro atoms. The fourth-order valence-corrected chi connectivity index (χ4v) is 6.60. The molecule has 3 atom stereocenters. The van der Waals surface area contributed by atoms with Crippen LogP contribution in [-0.2, 0) is 33.4 Å². The molecule has 1 aromatic carbocycles. The molecule has 54 heavy (non-hydrogen) atoms. The summed E-state index contributed by atoms with van der Waals surface area (Å²) in [6.45, 7) is 9.81. The molecule has 290 valence electrons. The minimum Gasteiger partial charge on any atom is -0.478 e. The van der Waals surface area contributed by atoms with Crippen LogP contribution in [0.1, 0.15) is 73.1 Å². The average Bonchev–Trinajstić information content (AvgIpc) is 3.52. The number of carboxylic acid groups (broad SMARTS) is 1. The van der Waals surface area contributed by atoms with E-state index in [1.807, 2.05) is 64.1 Å². The molecule has 1 fully saturated rings. The molecule has 4 rings (SSSR count). The lowest BCUT2D eigenvalue weighted by atomic mass is 10.0. The van der Waals surface area contributed by atoms with Gasteiger partial charge in [0.1, 0.15) is 17.8 Å². The van der Waals surface area contributed by atoms with Gasteiger partial charge in [0.15, 0.2) is 0 Å². The number of aliphatic carboxylic acids is 1. The number of nitrogens with two attached hydrogens (primary N) is 2. The highest BCUT2D eigenvalue weighted by Crippen LogP contribution is 2.31. The number of anilines is 2. The van der Waals surface area contributed by atoms with Gasteiger partial charge in [0.25, 0.3) is 0 Å². The number of carbonyl (C=O) groups is 4. The molecule has 0 aromatic heterocycles. The van der Waals surface area contributed by atoms with E-state index in [4.69, 9.17) is 30.8 Å².